The van der Waals surface area contributed by atoms with Gasteiger partial charge in [0.25, 0.3) is 6.48 Å². The zero-order valence-electron chi connectivity index (χ0n) is 20.3. The fraction of sp³-hybridized carbons (Fsp3) is 0.769. The summed E-state index contributed by atoms with van der Waals surface area (Å²) in [5, 5.41) is 0. The van der Waals surface area contributed by atoms with Crippen LogP contribution in [0.1, 0.15) is 104 Å². The minimum Gasteiger partial charge on any atom is -0.327 e. The molecular formula is C26H44F2O3. The molecule has 1 rings (SSSR count). The van der Waals surface area contributed by atoms with Crippen LogP contribution >= 0.6 is 0 Å². The highest BCUT2D eigenvalue weighted by Gasteiger charge is 2.20. The molecule has 0 aliphatic heterocycles. The number of hydrogen-bond acceptors (Lipinski definition) is 3. The summed E-state index contributed by atoms with van der Waals surface area (Å²) < 4.78 is 44.9. The van der Waals surface area contributed by atoms with Gasteiger partial charge in [0.15, 0.2) is 0 Å². The van der Waals surface area contributed by atoms with Crippen molar-refractivity contribution in [3.8, 4) is 0 Å². The lowest BCUT2D eigenvalue weighted by Gasteiger charge is -2.28. The van der Waals surface area contributed by atoms with E-state index in [4.69, 9.17) is 14.2 Å². The maximum atomic E-state index is 13.9. The number of halogens is 2. The zero-order valence-corrected chi connectivity index (χ0v) is 20.3. The van der Waals surface area contributed by atoms with Crippen LogP contribution in [0, 0.1) is 11.6 Å². The minimum absolute atomic E-state index is 0.00345. The first kappa shape index (κ1) is 28.0. The van der Waals surface area contributed by atoms with E-state index in [0.29, 0.717) is 12.0 Å². The van der Waals surface area contributed by atoms with E-state index in [1.165, 1.54) is 50.7 Å². The van der Waals surface area contributed by atoms with E-state index in [0.717, 1.165) is 31.7 Å². The van der Waals surface area contributed by atoms with Gasteiger partial charge < -0.3 is 14.2 Å². The minimum atomic E-state index is -0.697. The van der Waals surface area contributed by atoms with Crippen molar-refractivity contribution in [2.75, 3.05) is 0 Å². The first-order valence-electron chi connectivity index (χ1n) is 12.2. The van der Waals surface area contributed by atoms with Gasteiger partial charge in [0.1, 0.15) is 11.6 Å². The van der Waals surface area contributed by atoms with Crippen LogP contribution in [-0.2, 0) is 20.6 Å². The maximum absolute atomic E-state index is 13.9. The summed E-state index contributed by atoms with van der Waals surface area (Å²) in [5.41, 5.74) is 0.546. The molecule has 3 nitrogen and oxygen atoms in total. The molecule has 31 heavy (non-hydrogen) atoms. The molecule has 0 fully saturated rings. The van der Waals surface area contributed by atoms with E-state index in [9.17, 15) is 8.78 Å². The molecule has 0 saturated carbocycles. The second-order valence-electron chi connectivity index (χ2n) is 8.95. The molecule has 5 heteroatoms. The Kier molecular flexibility index (Phi) is 15.0. The van der Waals surface area contributed by atoms with Crippen molar-refractivity contribution in [2.24, 2.45) is 0 Å². The van der Waals surface area contributed by atoms with Crippen molar-refractivity contribution in [2.45, 2.75) is 130 Å². The Morgan fingerprint density at radius 2 is 1.32 bits per heavy atom. The first-order valence-corrected chi connectivity index (χ1v) is 12.2. The summed E-state index contributed by atoms with van der Waals surface area (Å²) in [5.74, 6) is -1.02. The van der Waals surface area contributed by atoms with Gasteiger partial charge in [0.2, 0.25) is 0 Å². The van der Waals surface area contributed by atoms with Gasteiger partial charge in [0, 0.05) is 6.07 Å². The molecule has 1 atom stereocenters. The third kappa shape index (κ3) is 13.9. The zero-order chi connectivity index (χ0) is 23.1. The van der Waals surface area contributed by atoms with Crippen LogP contribution in [0.5, 0.6) is 0 Å². The van der Waals surface area contributed by atoms with Crippen LogP contribution in [0.15, 0.2) is 18.2 Å². The number of ether oxygens (including phenoxy) is 3. The molecule has 0 spiro atoms. The van der Waals surface area contributed by atoms with Crippen molar-refractivity contribution in [3.05, 3.63) is 35.4 Å². The highest BCUT2D eigenvalue weighted by Crippen LogP contribution is 2.20. The highest BCUT2D eigenvalue weighted by atomic mass is 19.1. The molecule has 0 aromatic heterocycles. The number of hydrogen-bond donors (Lipinski definition) is 0. The third-order valence-corrected chi connectivity index (χ3v) is 5.19. The monoisotopic (exact) mass is 442 g/mol. The molecule has 0 aliphatic rings. The van der Waals surface area contributed by atoms with Gasteiger partial charge in [-0.15, -0.1) is 0 Å². The molecule has 1 aromatic rings. The Morgan fingerprint density at radius 3 is 1.90 bits per heavy atom. The first-order chi connectivity index (χ1) is 14.8. The lowest BCUT2D eigenvalue weighted by molar-refractivity contribution is -0.327. The van der Waals surface area contributed by atoms with Crippen molar-refractivity contribution in [3.63, 3.8) is 0 Å². The fourth-order valence-corrected chi connectivity index (χ4v) is 3.55. The lowest BCUT2D eigenvalue weighted by Crippen LogP contribution is -2.31. The van der Waals surface area contributed by atoms with E-state index in [1.54, 1.807) is 0 Å². The second-order valence-corrected chi connectivity index (χ2v) is 8.95. The van der Waals surface area contributed by atoms with Crippen molar-refractivity contribution in [1.29, 1.82) is 0 Å². The second kappa shape index (κ2) is 16.6. The molecule has 0 radical (unpaired) electrons. The summed E-state index contributed by atoms with van der Waals surface area (Å²) >= 11 is 0. The van der Waals surface area contributed by atoms with Crippen molar-refractivity contribution < 1.29 is 23.0 Å². The largest absolute Gasteiger partial charge is 0.327 e. The molecule has 180 valence electrons. The van der Waals surface area contributed by atoms with Gasteiger partial charge in [-0.25, -0.2) is 8.78 Å². The van der Waals surface area contributed by atoms with Crippen molar-refractivity contribution in [1.82, 2.24) is 0 Å². The Hall–Kier alpha value is -1.04. The van der Waals surface area contributed by atoms with Crippen LogP contribution in [0.2, 0.25) is 0 Å². The normalized spacial score (nSPS) is 13.0. The Bertz CT molecular complexity index is 568. The van der Waals surface area contributed by atoms with E-state index in [1.807, 2.05) is 27.7 Å². The maximum Gasteiger partial charge on any atom is 0.272 e. The van der Waals surface area contributed by atoms with Gasteiger partial charge in [0.05, 0.1) is 18.3 Å². The number of aryl methyl sites for hydroxylation is 1. The van der Waals surface area contributed by atoms with Gasteiger partial charge in [-0.3, -0.25) is 0 Å². The third-order valence-electron chi connectivity index (χ3n) is 5.19. The molecule has 0 amide bonds. The average Bonchev–Trinajstić information content (AvgIpc) is 2.67. The number of unbranched alkanes of at least 4 members (excludes halogenated alkanes) is 6. The Morgan fingerprint density at radius 1 is 0.742 bits per heavy atom. The SMILES string of the molecule is CCCCCCCCCC(CCCc1ccc(F)cc1F)OC(OC(C)C)OC(C)C. The standard InChI is InChI=1S/C26H44F2O3/c1-6-7-8-9-10-11-12-15-24(31-26(29-20(2)3)30-21(4)5)16-13-14-22-17-18-23(27)19-25(22)28/h17-21,24,26H,6-16H2,1-5H3. The molecule has 0 aliphatic carbocycles. The summed E-state index contributed by atoms with van der Waals surface area (Å²) in [6.07, 6.45) is 11.7. The fourth-order valence-electron chi connectivity index (χ4n) is 3.55. The molecule has 0 N–H and O–H groups in total. The van der Waals surface area contributed by atoms with Crippen LogP contribution in [0.25, 0.3) is 0 Å². The molecule has 1 unspecified atom stereocenters. The van der Waals surface area contributed by atoms with Gasteiger partial charge in [-0.2, -0.15) is 0 Å². The van der Waals surface area contributed by atoms with Gasteiger partial charge in [-0.05, 0) is 65.0 Å². The van der Waals surface area contributed by atoms with Crippen LogP contribution in [-0.4, -0.2) is 24.8 Å². The Balaban J connectivity index is 2.58. The van der Waals surface area contributed by atoms with E-state index >= 15 is 0 Å². The predicted molar refractivity (Wildman–Crippen MR) is 123 cm³/mol. The quantitative estimate of drug-likeness (QED) is 0.170. The van der Waals surface area contributed by atoms with E-state index < -0.39 is 18.1 Å². The molecular weight excluding hydrogens is 398 g/mol. The summed E-state index contributed by atoms with van der Waals surface area (Å²) in [6.45, 7) is 9.38. The van der Waals surface area contributed by atoms with E-state index in [2.05, 4.69) is 6.92 Å². The van der Waals surface area contributed by atoms with Crippen LogP contribution in [0.3, 0.4) is 0 Å². The topological polar surface area (TPSA) is 27.7 Å². The summed E-state index contributed by atoms with van der Waals surface area (Å²) in [4.78, 5) is 0. The Labute approximate surface area is 188 Å². The van der Waals surface area contributed by atoms with Crippen LogP contribution in [0.4, 0.5) is 8.78 Å². The lowest BCUT2D eigenvalue weighted by atomic mass is 10.0. The molecule has 0 bridgehead atoms. The smallest absolute Gasteiger partial charge is 0.272 e. The average molecular weight is 443 g/mol. The highest BCUT2D eigenvalue weighted by molar-refractivity contribution is 5.18. The van der Waals surface area contributed by atoms with Gasteiger partial charge in [-0.1, -0.05) is 57.9 Å². The van der Waals surface area contributed by atoms with Crippen molar-refractivity contribution >= 4 is 0 Å². The number of benzene rings is 1. The summed E-state index contributed by atoms with van der Waals surface area (Å²) in [6, 6.07) is 3.79. The molecule has 0 heterocycles. The molecule has 1 aromatic carbocycles. The predicted octanol–water partition coefficient (Wildman–Crippen LogP) is 7.95. The van der Waals surface area contributed by atoms with Crippen LogP contribution < -0.4 is 0 Å². The molecule has 0 saturated heterocycles. The number of rotatable bonds is 18. The van der Waals surface area contributed by atoms with E-state index in [-0.39, 0.29) is 18.3 Å². The van der Waals surface area contributed by atoms with Gasteiger partial charge >= 0.3 is 0 Å². The summed E-state index contributed by atoms with van der Waals surface area (Å²) in [7, 11) is 0.